The number of amides is 1. The molecule has 0 saturated heterocycles. The molecule has 1 amide bonds. The molecule has 0 bridgehead atoms. The average molecular weight is 695 g/mol. The number of ether oxygens (including phenoxy) is 1. The summed E-state index contributed by atoms with van der Waals surface area (Å²) in [6.45, 7) is 4.76. The smallest absolute Gasteiger partial charge is 0.326 e. The van der Waals surface area contributed by atoms with Crippen LogP contribution in [0.5, 0.6) is 0 Å². The van der Waals surface area contributed by atoms with Crippen LogP contribution in [-0.2, 0) is 19.1 Å². The molecule has 2 atom stereocenters. The predicted octanol–water partition coefficient (Wildman–Crippen LogP) is 10.6. The van der Waals surface area contributed by atoms with Crippen molar-refractivity contribution in [3.8, 4) is 0 Å². The van der Waals surface area contributed by atoms with Crippen LogP contribution in [0.3, 0.4) is 0 Å². The molecule has 0 spiro atoms. The summed E-state index contributed by atoms with van der Waals surface area (Å²) in [4.78, 5) is 36.1. The van der Waals surface area contributed by atoms with Crippen molar-refractivity contribution in [2.24, 2.45) is 5.73 Å². The minimum atomic E-state index is -1.02. The lowest BCUT2D eigenvalue weighted by atomic mass is 10.1. The minimum absolute atomic E-state index is 0.206. The van der Waals surface area contributed by atoms with E-state index in [2.05, 4.69) is 86.0 Å². The van der Waals surface area contributed by atoms with Crippen LogP contribution in [0.4, 0.5) is 0 Å². The van der Waals surface area contributed by atoms with Gasteiger partial charge in [0.25, 0.3) is 0 Å². The molecule has 0 radical (unpaired) electrons. The lowest BCUT2D eigenvalue weighted by molar-refractivity contribution is -0.146. The number of carboxylic acid groups (broad SMARTS) is 1. The van der Waals surface area contributed by atoms with E-state index >= 15 is 0 Å². The molecule has 7 nitrogen and oxygen atoms in total. The van der Waals surface area contributed by atoms with Crippen LogP contribution < -0.4 is 11.1 Å². The van der Waals surface area contributed by atoms with Gasteiger partial charge in [-0.1, -0.05) is 131 Å². The van der Waals surface area contributed by atoms with E-state index in [9.17, 15) is 19.5 Å². The number of rotatable bonds is 33. The summed E-state index contributed by atoms with van der Waals surface area (Å²) in [7, 11) is 0. The molecule has 0 aliphatic rings. The zero-order valence-electron chi connectivity index (χ0n) is 31.5. The van der Waals surface area contributed by atoms with Gasteiger partial charge >= 0.3 is 11.9 Å². The fraction of sp³-hybridized carbons (Fsp3) is 0.605. The number of allylic oxidation sites excluding steroid dienone is 12. The molecule has 0 aromatic heterocycles. The number of carbonyl (C=O) groups excluding carboxylic acids is 2. The van der Waals surface area contributed by atoms with Crippen molar-refractivity contribution in [2.45, 2.75) is 161 Å². The Labute approximate surface area is 305 Å². The summed E-state index contributed by atoms with van der Waals surface area (Å²) in [5, 5.41) is 11.9. The quantitative estimate of drug-likeness (QED) is 0.0357. The van der Waals surface area contributed by atoms with E-state index in [0.717, 1.165) is 89.9 Å². The lowest BCUT2D eigenvalue weighted by Gasteiger charge is -2.14. The van der Waals surface area contributed by atoms with E-state index in [1.54, 1.807) is 0 Å². The highest BCUT2D eigenvalue weighted by Crippen LogP contribution is 2.14. The number of unbranched alkanes of at least 4 members (excludes halogenated alkanes) is 8. The highest BCUT2D eigenvalue weighted by Gasteiger charge is 2.18. The number of carboxylic acids is 1. The van der Waals surface area contributed by atoms with Crippen molar-refractivity contribution >= 4 is 17.8 Å². The number of aliphatic carboxylic acids is 1. The van der Waals surface area contributed by atoms with E-state index in [1.165, 1.54) is 19.3 Å². The highest BCUT2D eigenvalue weighted by atomic mass is 16.5. The number of nitrogens with two attached hydrogens (primary N) is 1. The average Bonchev–Trinajstić information content (AvgIpc) is 3.10. The van der Waals surface area contributed by atoms with Crippen molar-refractivity contribution in [3.05, 3.63) is 85.1 Å². The Morgan fingerprint density at radius 2 is 1.20 bits per heavy atom. The monoisotopic (exact) mass is 695 g/mol. The third kappa shape index (κ3) is 33.1. The Kier molecular flexibility index (Phi) is 34.3. The largest absolute Gasteiger partial charge is 0.480 e. The summed E-state index contributed by atoms with van der Waals surface area (Å²) >= 11 is 0. The fourth-order valence-electron chi connectivity index (χ4n) is 5.06. The summed E-state index contributed by atoms with van der Waals surface area (Å²) in [5.74, 6) is -1.44. The van der Waals surface area contributed by atoms with Gasteiger partial charge in [-0.25, -0.2) is 4.79 Å². The first-order valence-electron chi connectivity index (χ1n) is 19.4. The molecule has 0 aromatic rings. The van der Waals surface area contributed by atoms with Crippen molar-refractivity contribution in [2.75, 3.05) is 6.54 Å². The fourth-order valence-corrected chi connectivity index (χ4v) is 5.06. The Balaban J connectivity index is 4.48. The molecule has 0 aliphatic carbocycles. The first kappa shape index (κ1) is 46.5. The van der Waals surface area contributed by atoms with E-state index < -0.39 is 12.0 Å². The summed E-state index contributed by atoms with van der Waals surface area (Å²) in [5.41, 5.74) is 5.46. The molecule has 0 fully saturated rings. The molecule has 4 N–H and O–H groups in total. The number of nitrogens with one attached hydrogen (secondary N) is 1. The Morgan fingerprint density at radius 3 is 1.80 bits per heavy atom. The molecule has 0 rings (SSSR count). The maximum atomic E-state index is 12.6. The van der Waals surface area contributed by atoms with Gasteiger partial charge in [0.15, 0.2) is 0 Å². The third-order valence-electron chi connectivity index (χ3n) is 7.96. The molecule has 282 valence electrons. The topological polar surface area (TPSA) is 119 Å². The summed E-state index contributed by atoms with van der Waals surface area (Å²) in [6, 6.07) is -0.865. The third-order valence-corrected chi connectivity index (χ3v) is 7.96. The van der Waals surface area contributed by atoms with E-state index in [4.69, 9.17) is 10.5 Å². The van der Waals surface area contributed by atoms with E-state index in [0.29, 0.717) is 25.8 Å². The van der Waals surface area contributed by atoms with Crippen molar-refractivity contribution in [3.63, 3.8) is 0 Å². The van der Waals surface area contributed by atoms with Gasteiger partial charge in [0.1, 0.15) is 12.1 Å². The van der Waals surface area contributed by atoms with Crippen LogP contribution in [0.15, 0.2) is 85.1 Å². The standard InChI is InChI=1S/C43H70N2O5/c1-3-5-7-9-11-13-14-15-16-17-18-19-21-27-31-37-42(47)50-39(33-28-24-20-12-10-8-6-4-2)34-29-25-22-23-26-30-36-41(46)45-40(43(48)49)35-32-38-44/h5,7,11-13,15-16,18-20,27-28,31,33,39-40H,3-4,6,8-10,14,17,21-26,29-30,32,34-38,44H2,1-2H3,(H,45,46)(H,48,49)/b7-5-,13-11-,16-15-,19-18-,20-12-,31-27-,33-28-. The molecule has 0 aliphatic heterocycles. The molecular formula is C43H70N2O5. The second-order valence-electron chi connectivity index (χ2n) is 12.6. The second kappa shape index (κ2) is 36.8. The van der Waals surface area contributed by atoms with Crippen LogP contribution in [0.1, 0.15) is 149 Å². The SMILES string of the molecule is CC/C=C\C/C=C\C/C=C\C/C=C\C/C=C\CC(=O)OC(/C=C\C/C=C\CCCCC)CCCCCCCCC(=O)NC(CCCN)C(=O)O. The number of carbonyl (C=O) groups is 3. The second-order valence-corrected chi connectivity index (χ2v) is 12.6. The van der Waals surface area contributed by atoms with Gasteiger partial charge in [-0.3, -0.25) is 9.59 Å². The van der Waals surface area contributed by atoms with Gasteiger partial charge in [-0.2, -0.15) is 0 Å². The van der Waals surface area contributed by atoms with Gasteiger partial charge < -0.3 is 20.9 Å². The molecule has 50 heavy (non-hydrogen) atoms. The first-order chi connectivity index (χ1) is 24.4. The Morgan fingerprint density at radius 1 is 0.640 bits per heavy atom. The zero-order valence-corrected chi connectivity index (χ0v) is 31.5. The van der Waals surface area contributed by atoms with Crippen LogP contribution >= 0.6 is 0 Å². The predicted molar refractivity (Wildman–Crippen MR) is 211 cm³/mol. The normalized spacial score (nSPS) is 13.7. The number of esters is 1. The van der Waals surface area contributed by atoms with Gasteiger partial charge in [0.05, 0.1) is 6.42 Å². The Hall–Kier alpha value is -3.45. The van der Waals surface area contributed by atoms with Crippen LogP contribution in [0.25, 0.3) is 0 Å². The van der Waals surface area contributed by atoms with Crippen LogP contribution in [0.2, 0.25) is 0 Å². The van der Waals surface area contributed by atoms with Gasteiger partial charge in [0, 0.05) is 6.42 Å². The highest BCUT2D eigenvalue weighted by molar-refractivity contribution is 5.83. The van der Waals surface area contributed by atoms with Crippen molar-refractivity contribution in [1.29, 1.82) is 0 Å². The van der Waals surface area contributed by atoms with Crippen molar-refractivity contribution < 1.29 is 24.2 Å². The summed E-state index contributed by atoms with van der Waals surface area (Å²) in [6.07, 6.45) is 48.0. The maximum absolute atomic E-state index is 12.6. The maximum Gasteiger partial charge on any atom is 0.326 e. The molecule has 2 unspecified atom stereocenters. The van der Waals surface area contributed by atoms with Crippen molar-refractivity contribution in [1.82, 2.24) is 5.32 Å². The molecule has 7 heteroatoms. The lowest BCUT2D eigenvalue weighted by Crippen LogP contribution is -2.40. The van der Waals surface area contributed by atoms with Crippen LogP contribution in [0, 0.1) is 0 Å². The van der Waals surface area contributed by atoms with Gasteiger partial charge in [-0.15, -0.1) is 0 Å². The Bertz CT molecular complexity index is 1050. The number of hydrogen-bond donors (Lipinski definition) is 3. The first-order valence-corrected chi connectivity index (χ1v) is 19.4. The van der Waals surface area contributed by atoms with E-state index in [-0.39, 0.29) is 24.4 Å². The van der Waals surface area contributed by atoms with E-state index in [1.807, 2.05) is 18.2 Å². The zero-order chi connectivity index (χ0) is 36.8. The number of hydrogen-bond acceptors (Lipinski definition) is 5. The van der Waals surface area contributed by atoms with Gasteiger partial charge in [-0.05, 0) is 96.1 Å². The molecular weight excluding hydrogens is 624 g/mol. The van der Waals surface area contributed by atoms with Crippen LogP contribution in [-0.4, -0.2) is 41.6 Å². The summed E-state index contributed by atoms with van der Waals surface area (Å²) < 4.78 is 5.84. The molecule has 0 saturated carbocycles. The molecule has 0 heterocycles. The van der Waals surface area contributed by atoms with Gasteiger partial charge in [0.2, 0.25) is 5.91 Å². The molecule has 0 aromatic carbocycles. The minimum Gasteiger partial charge on any atom is -0.480 e.